The molecule has 0 aliphatic rings. The van der Waals surface area contributed by atoms with Gasteiger partial charge in [0.2, 0.25) is 11.1 Å². The van der Waals surface area contributed by atoms with Crippen LogP contribution in [0.4, 0.5) is 5.69 Å². The molecule has 6 nitrogen and oxygen atoms in total. The van der Waals surface area contributed by atoms with Crippen molar-refractivity contribution in [3.05, 3.63) is 29.2 Å². The molecular formula is C11H8ClN2O4S+. The summed E-state index contributed by atoms with van der Waals surface area (Å²) < 4.78 is 28.0. The van der Waals surface area contributed by atoms with Gasteiger partial charge in [0.25, 0.3) is 9.05 Å². The van der Waals surface area contributed by atoms with Crippen molar-refractivity contribution in [1.82, 2.24) is 0 Å². The molecule has 1 N–H and O–H groups in total. The standard InChI is InChI=1S/C11H7ClN2O4S/c1-18-6-2-3-7-8(4-6)11(15)9(14-13)5-10(7)19(12,16)17/h2-5H,1H3/p+1. The van der Waals surface area contributed by atoms with Gasteiger partial charge in [0.05, 0.1) is 18.1 Å². The van der Waals surface area contributed by atoms with E-state index in [0.717, 1.165) is 6.07 Å². The lowest BCUT2D eigenvalue weighted by molar-refractivity contribution is 0.415. The highest BCUT2D eigenvalue weighted by Crippen LogP contribution is 2.41. The summed E-state index contributed by atoms with van der Waals surface area (Å²) in [4.78, 5) is 2.58. The Balaban J connectivity index is 3.00. The smallest absolute Gasteiger partial charge is 0.428 e. The molecule has 98 valence electrons. The van der Waals surface area contributed by atoms with E-state index in [-0.39, 0.29) is 27.1 Å². The van der Waals surface area contributed by atoms with Crippen LogP contribution in [0.1, 0.15) is 0 Å². The number of phenols is 1. The SMILES string of the molecule is COc1ccc2c(S(=O)(=O)Cl)cc([N+]#N)c(O)c2c1. The van der Waals surface area contributed by atoms with Crippen LogP contribution in [0.2, 0.25) is 0 Å². The Morgan fingerprint density at radius 1 is 1.32 bits per heavy atom. The molecule has 2 aromatic carbocycles. The van der Waals surface area contributed by atoms with E-state index in [0.29, 0.717) is 5.75 Å². The highest BCUT2D eigenvalue weighted by molar-refractivity contribution is 8.14. The number of diazo groups is 1. The summed E-state index contributed by atoms with van der Waals surface area (Å²) >= 11 is 0. The number of ether oxygens (including phenoxy) is 1. The number of halogens is 1. The van der Waals surface area contributed by atoms with Gasteiger partial charge in [-0.1, -0.05) is 0 Å². The summed E-state index contributed by atoms with van der Waals surface area (Å²) in [5, 5.41) is 19.1. The Hall–Kier alpha value is -2.04. The summed E-state index contributed by atoms with van der Waals surface area (Å²) in [5.74, 6) is 0.0521. The Morgan fingerprint density at radius 3 is 2.53 bits per heavy atom. The fourth-order valence-corrected chi connectivity index (χ4v) is 2.82. The topological polar surface area (TPSA) is 91.8 Å². The number of aromatic hydroxyl groups is 1. The third kappa shape index (κ3) is 2.28. The lowest BCUT2D eigenvalue weighted by atomic mass is 10.1. The monoisotopic (exact) mass is 299 g/mol. The van der Waals surface area contributed by atoms with Crippen LogP contribution in [-0.4, -0.2) is 20.6 Å². The third-order valence-electron chi connectivity index (χ3n) is 2.63. The number of rotatable bonds is 2. The second-order valence-electron chi connectivity index (χ2n) is 3.69. The predicted molar refractivity (Wildman–Crippen MR) is 69.9 cm³/mol. The van der Waals surface area contributed by atoms with Crippen LogP contribution in [0.3, 0.4) is 0 Å². The molecule has 8 heteroatoms. The van der Waals surface area contributed by atoms with Gasteiger partial charge < -0.3 is 9.84 Å². The van der Waals surface area contributed by atoms with E-state index in [1.807, 2.05) is 0 Å². The molecule has 0 saturated carbocycles. The molecule has 0 aliphatic carbocycles. The lowest BCUT2D eigenvalue weighted by Crippen LogP contribution is -1.93. The Labute approximate surface area is 113 Å². The molecule has 2 rings (SSSR count). The van der Waals surface area contributed by atoms with Crippen molar-refractivity contribution in [2.75, 3.05) is 7.11 Å². The first kappa shape index (κ1) is 13.4. The summed E-state index contributed by atoms with van der Waals surface area (Å²) in [5.41, 5.74) is -0.292. The van der Waals surface area contributed by atoms with E-state index in [1.54, 1.807) is 0 Å². The Morgan fingerprint density at radius 2 is 2.00 bits per heavy atom. The van der Waals surface area contributed by atoms with Crippen LogP contribution in [0.15, 0.2) is 29.2 Å². The highest BCUT2D eigenvalue weighted by atomic mass is 35.7. The molecule has 0 bridgehead atoms. The number of fused-ring (bicyclic) bond motifs is 1. The fraction of sp³-hybridized carbons (Fsp3) is 0.0909. The van der Waals surface area contributed by atoms with Gasteiger partial charge in [0.1, 0.15) is 5.75 Å². The number of hydrogen-bond donors (Lipinski definition) is 1. The van der Waals surface area contributed by atoms with Crippen molar-refractivity contribution in [3.8, 4) is 11.5 Å². The quantitative estimate of drug-likeness (QED) is 0.680. The van der Waals surface area contributed by atoms with Crippen LogP contribution in [-0.2, 0) is 9.05 Å². The zero-order chi connectivity index (χ0) is 14.2. The van der Waals surface area contributed by atoms with Gasteiger partial charge in [-0.05, 0) is 18.2 Å². The third-order valence-corrected chi connectivity index (χ3v) is 3.99. The van der Waals surface area contributed by atoms with Crippen LogP contribution >= 0.6 is 10.7 Å². The zero-order valence-electron chi connectivity index (χ0n) is 9.66. The van der Waals surface area contributed by atoms with Gasteiger partial charge in [0.15, 0.2) is 4.98 Å². The summed E-state index contributed by atoms with van der Waals surface area (Å²) in [7, 11) is 2.71. The molecule has 0 spiro atoms. The van der Waals surface area contributed by atoms with Gasteiger partial charge in [-0.2, -0.15) is 0 Å². The minimum atomic E-state index is -4.05. The first-order valence-electron chi connectivity index (χ1n) is 5.02. The number of benzene rings is 2. The molecule has 0 amide bonds. The van der Waals surface area contributed by atoms with E-state index in [1.165, 1.54) is 25.3 Å². The van der Waals surface area contributed by atoms with E-state index in [4.69, 9.17) is 20.8 Å². The molecule has 0 radical (unpaired) electrons. The molecule has 19 heavy (non-hydrogen) atoms. The van der Waals surface area contributed by atoms with Gasteiger partial charge in [0, 0.05) is 21.5 Å². The van der Waals surface area contributed by atoms with E-state index in [9.17, 15) is 13.5 Å². The van der Waals surface area contributed by atoms with Gasteiger partial charge in [-0.15, -0.1) is 0 Å². The minimum absolute atomic E-state index is 0.161. The molecule has 2 aromatic rings. The van der Waals surface area contributed by atoms with Gasteiger partial charge >= 0.3 is 5.69 Å². The van der Waals surface area contributed by atoms with Crippen LogP contribution in [0.25, 0.3) is 15.7 Å². The average Bonchev–Trinajstić information content (AvgIpc) is 2.37. The molecule has 0 saturated heterocycles. The van der Waals surface area contributed by atoms with E-state index < -0.39 is 9.05 Å². The van der Waals surface area contributed by atoms with Crippen molar-refractivity contribution in [2.24, 2.45) is 0 Å². The van der Waals surface area contributed by atoms with Crippen molar-refractivity contribution in [1.29, 1.82) is 5.39 Å². The molecule has 0 unspecified atom stereocenters. The predicted octanol–water partition coefficient (Wildman–Crippen LogP) is 2.97. The lowest BCUT2D eigenvalue weighted by Gasteiger charge is -2.06. The number of hydrogen-bond acceptors (Lipinski definition) is 5. The maximum absolute atomic E-state index is 11.5. The molecule has 0 heterocycles. The summed E-state index contributed by atoms with van der Waals surface area (Å²) in [6.45, 7) is 0. The van der Waals surface area contributed by atoms with Crippen molar-refractivity contribution < 1.29 is 18.3 Å². The average molecular weight is 300 g/mol. The normalized spacial score (nSPS) is 11.2. The van der Waals surface area contributed by atoms with E-state index >= 15 is 0 Å². The highest BCUT2D eigenvalue weighted by Gasteiger charge is 2.25. The molecule has 0 fully saturated rings. The molecular weight excluding hydrogens is 292 g/mol. The van der Waals surface area contributed by atoms with Crippen LogP contribution < -0.4 is 4.74 Å². The second-order valence-corrected chi connectivity index (χ2v) is 6.23. The number of methoxy groups -OCH3 is 1. The first-order valence-corrected chi connectivity index (χ1v) is 7.33. The largest absolute Gasteiger partial charge is 0.501 e. The van der Waals surface area contributed by atoms with Crippen LogP contribution in [0.5, 0.6) is 11.5 Å². The number of nitrogens with zero attached hydrogens (tertiary/aromatic N) is 2. The van der Waals surface area contributed by atoms with Crippen molar-refractivity contribution in [2.45, 2.75) is 4.90 Å². The second kappa shape index (κ2) is 4.57. The van der Waals surface area contributed by atoms with Gasteiger partial charge in [-0.25, -0.2) is 8.42 Å². The fourth-order valence-electron chi connectivity index (χ4n) is 1.75. The number of phenolic OH excluding ortho intramolecular Hbond substituents is 1. The molecule has 0 aliphatic heterocycles. The first-order chi connectivity index (χ1) is 8.88. The minimum Gasteiger partial charge on any atom is -0.501 e. The molecule has 0 aromatic heterocycles. The maximum Gasteiger partial charge on any atom is 0.428 e. The van der Waals surface area contributed by atoms with E-state index in [2.05, 4.69) is 4.98 Å². The Bertz CT molecular complexity index is 812. The van der Waals surface area contributed by atoms with Crippen LogP contribution in [0, 0.1) is 5.39 Å². The Kier molecular flexibility index (Phi) is 3.22. The maximum atomic E-state index is 11.5. The summed E-state index contributed by atoms with van der Waals surface area (Å²) in [6.07, 6.45) is 0. The zero-order valence-corrected chi connectivity index (χ0v) is 11.2. The molecule has 0 atom stereocenters. The van der Waals surface area contributed by atoms with Gasteiger partial charge in [-0.3, -0.25) is 0 Å². The summed E-state index contributed by atoms with van der Waals surface area (Å²) in [6, 6.07) is 5.39. The van der Waals surface area contributed by atoms with Crippen molar-refractivity contribution in [3.63, 3.8) is 0 Å². The van der Waals surface area contributed by atoms with Crippen molar-refractivity contribution >= 4 is 36.2 Å².